The fourth-order valence-electron chi connectivity index (χ4n) is 8.76. The Labute approximate surface area is 352 Å². The molecule has 0 spiro atoms. The molecule has 292 valence electrons. The van der Waals surface area contributed by atoms with Crippen molar-refractivity contribution in [3.05, 3.63) is 216 Å². The van der Waals surface area contributed by atoms with Gasteiger partial charge in [0.1, 0.15) is 0 Å². The van der Waals surface area contributed by atoms with Crippen LogP contribution in [0.25, 0.3) is 44.1 Å². The van der Waals surface area contributed by atoms with Gasteiger partial charge in [0.15, 0.2) is 0 Å². The predicted molar refractivity (Wildman–Crippen MR) is 262 cm³/mol. The first-order valence-corrected chi connectivity index (χ1v) is 25.2. The molecule has 0 aliphatic rings. The molecular formula is C54H52N2OSi2. The van der Waals surface area contributed by atoms with Crippen molar-refractivity contribution in [2.75, 3.05) is 38.0 Å². The maximum atomic E-state index is 8.77. The van der Waals surface area contributed by atoms with E-state index in [1.807, 2.05) is 0 Å². The van der Waals surface area contributed by atoms with E-state index in [2.05, 4.69) is 257 Å². The Bertz CT molecular complexity index is 2570. The Morgan fingerprint density at radius 3 is 1.05 bits per heavy atom. The Morgan fingerprint density at radius 1 is 0.390 bits per heavy atom. The summed E-state index contributed by atoms with van der Waals surface area (Å²) in [4.78, 5) is 4.50. The van der Waals surface area contributed by atoms with Crippen LogP contribution in [0, 0.1) is 0 Å². The molecule has 0 bridgehead atoms. The summed E-state index contributed by atoms with van der Waals surface area (Å²) < 4.78 is 8.77. The highest BCUT2D eigenvalue weighted by Crippen LogP contribution is 2.41. The van der Waals surface area contributed by atoms with E-state index in [4.69, 9.17) is 4.12 Å². The van der Waals surface area contributed by atoms with Crippen LogP contribution in [-0.2, 0) is 4.12 Å². The van der Waals surface area contributed by atoms with Gasteiger partial charge in [0, 0.05) is 50.3 Å². The molecule has 59 heavy (non-hydrogen) atoms. The molecule has 0 radical (unpaired) electrons. The van der Waals surface area contributed by atoms with Gasteiger partial charge in [-0.05, 0) is 79.0 Å². The SMILES string of the molecule is CN(C)c1cccc2cccc([Si](C)(O[Si](C)(/C(=C\c3ccccc3)c3ccccc3)c3cccc4cccc(N(C)C)c34)/C(=C\c3ccccc3)c3ccccc3)c12. The van der Waals surface area contributed by atoms with Crippen LogP contribution in [0.3, 0.4) is 0 Å². The lowest BCUT2D eigenvalue weighted by molar-refractivity contribution is 0.590. The van der Waals surface area contributed by atoms with E-state index in [0.717, 1.165) is 11.1 Å². The Kier molecular flexibility index (Phi) is 11.4. The zero-order valence-electron chi connectivity index (χ0n) is 34.9. The third kappa shape index (κ3) is 7.85. The summed E-state index contributed by atoms with van der Waals surface area (Å²) in [5, 5.41) is 9.84. The fraction of sp³-hybridized carbons (Fsp3) is 0.111. The summed E-state index contributed by atoms with van der Waals surface area (Å²) in [6.45, 7) is 4.93. The predicted octanol–water partition coefficient (Wildman–Crippen LogP) is 12.0. The van der Waals surface area contributed by atoms with E-state index in [9.17, 15) is 0 Å². The van der Waals surface area contributed by atoms with Gasteiger partial charge in [-0.15, -0.1) is 0 Å². The zero-order valence-corrected chi connectivity index (χ0v) is 36.9. The van der Waals surface area contributed by atoms with Crippen LogP contribution in [0.2, 0.25) is 13.1 Å². The number of rotatable bonds is 12. The van der Waals surface area contributed by atoms with E-state index in [1.54, 1.807) is 0 Å². The summed E-state index contributed by atoms with van der Waals surface area (Å²) in [7, 11) is 1.92. The van der Waals surface area contributed by atoms with Gasteiger partial charge in [0.2, 0.25) is 16.6 Å². The minimum atomic E-state index is -3.34. The number of nitrogens with zero attached hydrogens (tertiary/aromatic N) is 2. The van der Waals surface area contributed by atoms with E-state index in [0.29, 0.717) is 0 Å². The lowest BCUT2D eigenvalue weighted by Crippen LogP contribution is -2.62. The Morgan fingerprint density at radius 2 is 0.712 bits per heavy atom. The van der Waals surface area contributed by atoms with Crippen LogP contribution in [0.4, 0.5) is 11.4 Å². The van der Waals surface area contributed by atoms with Crippen LogP contribution in [-0.4, -0.2) is 44.8 Å². The molecule has 0 heterocycles. The second kappa shape index (κ2) is 16.9. The van der Waals surface area contributed by atoms with Gasteiger partial charge in [-0.1, -0.05) is 194 Å². The van der Waals surface area contributed by atoms with Gasteiger partial charge in [0.25, 0.3) is 0 Å². The fourth-order valence-corrected chi connectivity index (χ4v) is 19.0. The highest BCUT2D eigenvalue weighted by Gasteiger charge is 2.49. The van der Waals surface area contributed by atoms with Crippen LogP contribution in [0.1, 0.15) is 22.3 Å². The van der Waals surface area contributed by atoms with Crippen LogP contribution >= 0.6 is 0 Å². The van der Waals surface area contributed by atoms with E-state index in [1.165, 1.54) is 64.8 Å². The quantitative estimate of drug-likeness (QED) is 0.0904. The molecule has 0 aliphatic heterocycles. The second-order valence-electron chi connectivity index (χ2n) is 16.0. The molecule has 0 N–H and O–H groups in total. The molecule has 0 fully saturated rings. The van der Waals surface area contributed by atoms with Gasteiger partial charge in [0.05, 0.1) is 0 Å². The van der Waals surface area contributed by atoms with Gasteiger partial charge in [-0.3, -0.25) is 0 Å². The van der Waals surface area contributed by atoms with Crippen LogP contribution in [0.5, 0.6) is 0 Å². The summed E-state index contributed by atoms with van der Waals surface area (Å²) in [6.07, 6.45) is 4.82. The van der Waals surface area contributed by atoms with Crippen molar-refractivity contribution in [3.63, 3.8) is 0 Å². The molecular weight excluding hydrogens is 749 g/mol. The number of fused-ring (bicyclic) bond motifs is 2. The first-order valence-electron chi connectivity index (χ1n) is 20.4. The van der Waals surface area contributed by atoms with Gasteiger partial charge >= 0.3 is 0 Å². The third-order valence-corrected chi connectivity index (χ3v) is 20.7. The maximum Gasteiger partial charge on any atom is 0.243 e. The van der Waals surface area contributed by atoms with Crippen molar-refractivity contribution in [1.82, 2.24) is 0 Å². The maximum absolute atomic E-state index is 8.77. The first kappa shape index (κ1) is 39.6. The number of anilines is 2. The molecule has 0 aromatic heterocycles. The summed E-state index contributed by atoms with van der Waals surface area (Å²) in [5.74, 6) is 0. The highest BCUT2D eigenvalue weighted by atomic mass is 28.4. The van der Waals surface area contributed by atoms with Gasteiger partial charge in [-0.2, -0.15) is 0 Å². The standard InChI is InChI=1S/C54H52N2OSi2/c1-55(2)47-35-19-31-45-33-21-37-49(53(45)47)58(5,51(43-27-15-9-16-28-43)39-41-23-11-7-12-24-41)57-59(6,50-38-22-34-46-32-20-36-48(54(46)50)56(3)4)52(44-29-17-10-18-30-44)40-42-25-13-8-14-26-42/h7-40H,1-6H3/b51-39-,52-40-. The minimum absolute atomic E-state index is 1.15. The topological polar surface area (TPSA) is 15.7 Å². The van der Waals surface area contributed by atoms with Crippen molar-refractivity contribution < 1.29 is 4.12 Å². The number of hydrogen-bond acceptors (Lipinski definition) is 3. The molecule has 3 nitrogen and oxygen atoms in total. The molecule has 8 aromatic carbocycles. The summed E-state index contributed by atoms with van der Waals surface area (Å²) >= 11 is 0. The molecule has 5 heteroatoms. The minimum Gasteiger partial charge on any atom is -0.442 e. The lowest BCUT2D eigenvalue weighted by atomic mass is 10.1. The monoisotopic (exact) mass is 800 g/mol. The average Bonchev–Trinajstić information content (AvgIpc) is 3.27. The largest absolute Gasteiger partial charge is 0.442 e. The average molecular weight is 801 g/mol. The molecule has 0 aliphatic carbocycles. The van der Waals surface area contributed by atoms with Crippen molar-refractivity contribution in [2.24, 2.45) is 0 Å². The third-order valence-electron chi connectivity index (χ3n) is 11.6. The molecule has 2 unspecified atom stereocenters. The second-order valence-corrected chi connectivity index (χ2v) is 23.1. The van der Waals surface area contributed by atoms with Crippen molar-refractivity contribution in [3.8, 4) is 0 Å². The molecule has 8 aromatic rings. The normalized spacial score (nSPS) is 14.1. The Balaban J connectivity index is 1.56. The van der Waals surface area contributed by atoms with Gasteiger partial charge < -0.3 is 13.9 Å². The van der Waals surface area contributed by atoms with Gasteiger partial charge in [-0.25, -0.2) is 0 Å². The molecule has 8 rings (SSSR count). The number of benzene rings is 8. The highest BCUT2D eigenvalue weighted by molar-refractivity contribution is 7.14. The van der Waals surface area contributed by atoms with E-state index < -0.39 is 16.6 Å². The first-order chi connectivity index (χ1) is 28.7. The number of hydrogen-bond donors (Lipinski definition) is 0. The zero-order chi connectivity index (χ0) is 41.0. The van der Waals surface area contributed by atoms with E-state index >= 15 is 0 Å². The molecule has 0 saturated carbocycles. The summed E-state index contributed by atoms with van der Waals surface area (Å²) in [5.41, 5.74) is 6.99. The molecule has 0 saturated heterocycles. The Hall–Kier alpha value is -6.25. The van der Waals surface area contributed by atoms with Crippen molar-refractivity contribution >= 4 is 82.5 Å². The lowest BCUT2D eigenvalue weighted by Gasteiger charge is -2.43. The van der Waals surface area contributed by atoms with Crippen molar-refractivity contribution in [2.45, 2.75) is 13.1 Å². The summed E-state index contributed by atoms with van der Waals surface area (Å²) in [6, 6.07) is 70.5. The van der Waals surface area contributed by atoms with E-state index in [-0.39, 0.29) is 0 Å². The van der Waals surface area contributed by atoms with Crippen LogP contribution < -0.4 is 20.2 Å². The van der Waals surface area contributed by atoms with Crippen LogP contribution in [0.15, 0.2) is 194 Å². The molecule has 2 atom stereocenters. The molecule has 0 amide bonds. The smallest absolute Gasteiger partial charge is 0.243 e. The van der Waals surface area contributed by atoms with Crippen molar-refractivity contribution in [1.29, 1.82) is 0 Å².